The minimum Gasteiger partial charge on any atom is -0.508 e. The van der Waals surface area contributed by atoms with E-state index in [0.29, 0.717) is 6.42 Å². The Hall–Kier alpha value is -2.79. The third kappa shape index (κ3) is 4.98. The van der Waals surface area contributed by atoms with E-state index in [0.717, 1.165) is 15.4 Å². The molecular weight excluding hydrogens is 401 g/mol. The molecule has 29 heavy (non-hydrogen) atoms. The minimum atomic E-state index is -4.06. The van der Waals surface area contributed by atoms with Gasteiger partial charge in [0, 0.05) is 13.1 Å². The van der Waals surface area contributed by atoms with Crippen molar-refractivity contribution >= 4 is 21.7 Å². The van der Waals surface area contributed by atoms with Gasteiger partial charge in [0.2, 0.25) is 0 Å². The van der Waals surface area contributed by atoms with Crippen LogP contribution >= 0.6 is 0 Å². The zero-order valence-electron chi connectivity index (χ0n) is 15.2. The molecule has 2 aromatic rings. The highest BCUT2D eigenvalue weighted by Crippen LogP contribution is 2.25. The average Bonchev–Trinajstić information content (AvgIpc) is 2.73. The molecule has 0 spiro atoms. The molecule has 1 aliphatic rings. The van der Waals surface area contributed by atoms with Crippen LogP contribution in [-0.4, -0.2) is 42.0 Å². The lowest BCUT2D eigenvalue weighted by molar-refractivity contribution is -0.131. The molecule has 2 aromatic carbocycles. The first-order valence-electron chi connectivity index (χ1n) is 8.75. The molecular formula is C19H20FN3O5S. The van der Waals surface area contributed by atoms with Crippen molar-refractivity contribution in [1.29, 1.82) is 0 Å². The molecule has 0 saturated carbocycles. The Kier molecular flexibility index (Phi) is 6.28. The van der Waals surface area contributed by atoms with Gasteiger partial charge in [0.25, 0.3) is 16.1 Å². The number of nitrogens with zero attached hydrogens (tertiary/aromatic N) is 1. The smallest absolute Gasteiger partial charge is 0.280 e. The summed E-state index contributed by atoms with van der Waals surface area (Å²) in [5, 5.41) is 18.4. The first-order chi connectivity index (χ1) is 13.8. The number of phenolic OH excluding ortho intramolecular Hbond substituents is 1. The van der Waals surface area contributed by atoms with Crippen molar-refractivity contribution < 1.29 is 27.9 Å². The lowest BCUT2D eigenvalue weighted by atomic mass is 10.0. The van der Waals surface area contributed by atoms with Crippen LogP contribution in [0.1, 0.15) is 23.6 Å². The van der Waals surface area contributed by atoms with Crippen molar-refractivity contribution in [2.75, 3.05) is 13.1 Å². The van der Waals surface area contributed by atoms with Gasteiger partial charge >= 0.3 is 0 Å². The third-order valence-electron chi connectivity index (χ3n) is 4.59. The van der Waals surface area contributed by atoms with Gasteiger partial charge in [-0.1, -0.05) is 30.3 Å². The number of benzene rings is 2. The lowest BCUT2D eigenvalue weighted by Gasteiger charge is -2.28. The quantitative estimate of drug-likeness (QED) is 0.418. The first kappa shape index (κ1) is 20.9. The van der Waals surface area contributed by atoms with E-state index in [1.54, 1.807) is 18.2 Å². The second-order valence-corrected chi connectivity index (χ2v) is 8.17. The fraction of sp³-hybridized carbons (Fsp3) is 0.211. The Morgan fingerprint density at radius 3 is 2.31 bits per heavy atom. The maximum Gasteiger partial charge on any atom is 0.280 e. The Morgan fingerprint density at radius 1 is 1.10 bits per heavy atom. The molecule has 4 N–H and O–H groups in total. The number of hydrogen-bond donors (Lipinski definition) is 4. The van der Waals surface area contributed by atoms with Crippen LogP contribution in [0.4, 0.5) is 4.39 Å². The van der Waals surface area contributed by atoms with Gasteiger partial charge in [-0.25, -0.2) is 9.87 Å². The Balaban J connectivity index is 1.76. The molecule has 0 fully saturated rings. The minimum absolute atomic E-state index is 0.0470. The molecule has 1 heterocycles. The van der Waals surface area contributed by atoms with E-state index in [9.17, 15) is 22.7 Å². The highest BCUT2D eigenvalue weighted by Gasteiger charge is 2.31. The second-order valence-electron chi connectivity index (χ2n) is 6.47. The Labute approximate surface area is 167 Å². The molecule has 154 valence electrons. The van der Waals surface area contributed by atoms with Crippen molar-refractivity contribution in [1.82, 2.24) is 14.5 Å². The van der Waals surface area contributed by atoms with Crippen LogP contribution in [0.5, 0.6) is 5.75 Å². The number of carbonyl (C=O) groups excluding carboxylic acids is 1. The molecule has 10 heteroatoms. The number of aromatic hydroxyl groups is 1. The van der Waals surface area contributed by atoms with E-state index in [1.165, 1.54) is 41.9 Å². The number of carbonyl (C=O) groups is 1. The van der Waals surface area contributed by atoms with E-state index < -0.39 is 22.2 Å². The van der Waals surface area contributed by atoms with Crippen LogP contribution in [0, 0.1) is 5.82 Å². The van der Waals surface area contributed by atoms with Gasteiger partial charge in [-0.05, 0) is 47.4 Å². The van der Waals surface area contributed by atoms with Crippen molar-refractivity contribution in [2.45, 2.75) is 12.5 Å². The van der Waals surface area contributed by atoms with Gasteiger partial charge in [-0.15, -0.1) is 0 Å². The number of rotatable bonds is 6. The Bertz CT molecular complexity index is 1010. The highest BCUT2D eigenvalue weighted by molar-refractivity contribution is 7.87. The number of nitrogens with one attached hydrogen (secondary N) is 2. The number of amides is 1. The summed E-state index contributed by atoms with van der Waals surface area (Å²) in [6.45, 7) is 0.243. The largest absolute Gasteiger partial charge is 0.508 e. The van der Waals surface area contributed by atoms with Crippen LogP contribution < -0.4 is 10.2 Å². The van der Waals surface area contributed by atoms with E-state index in [1.807, 2.05) is 0 Å². The maximum atomic E-state index is 13.1. The summed E-state index contributed by atoms with van der Waals surface area (Å²) < 4.78 is 42.1. The summed E-state index contributed by atoms with van der Waals surface area (Å²) in [6, 6.07) is 9.94. The summed E-state index contributed by atoms with van der Waals surface area (Å²) in [5.74, 6) is -1.35. The summed E-state index contributed by atoms with van der Waals surface area (Å²) in [6.07, 6.45) is 2.15. The molecule has 0 saturated heterocycles. The number of phenols is 1. The van der Waals surface area contributed by atoms with Crippen molar-refractivity contribution in [3.63, 3.8) is 0 Å². The van der Waals surface area contributed by atoms with Gasteiger partial charge in [0.15, 0.2) is 0 Å². The molecule has 0 aromatic heterocycles. The molecule has 1 atom stereocenters. The molecule has 0 bridgehead atoms. The van der Waals surface area contributed by atoms with Crippen molar-refractivity contribution in [2.24, 2.45) is 0 Å². The summed E-state index contributed by atoms with van der Waals surface area (Å²) >= 11 is 0. The zero-order valence-corrected chi connectivity index (χ0v) is 16.1. The second kappa shape index (κ2) is 8.70. The molecule has 1 amide bonds. The first-order valence-corrected chi connectivity index (χ1v) is 10.2. The monoisotopic (exact) mass is 421 g/mol. The van der Waals surface area contributed by atoms with Gasteiger partial charge in [0.05, 0.1) is 0 Å². The zero-order chi connectivity index (χ0) is 21.0. The molecule has 0 aliphatic carbocycles. The number of hydrogen-bond acceptors (Lipinski definition) is 5. The molecule has 8 nitrogen and oxygen atoms in total. The van der Waals surface area contributed by atoms with Crippen LogP contribution in [0.3, 0.4) is 0 Å². The van der Waals surface area contributed by atoms with Gasteiger partial charge in [0.1, 0.15) is 17.6 Å². The average molecular weight is 421 g/mol. The van der Waals surface area contributed by atoms with E-state index >= 15 is 0 Å². The third-order valence-corrected chi connectivity index (χ3v) is 6.14. The normalized spacial score (nSPS) is 16.1. The van der Waals surface area contributed by atoms with Crippen LogP contribution in [-0.2, 0) is 15.0 Å². The van der Waals surface area contributed by atoms with E-state index in [-0.39, 0.29) is 30.2 Å². The highest BCUT2D eigenvalue weighted by atomic mass is 32.2. The fourth-order valence-corrected chi connectivity index (χ4v) is 4.32. The summed E-state index contributed by atoms with van der Waals surface area (Å²) in [5.41, 5.74) is 3.42. The fourth-order valence-electron chi connectivity index (χ4n) is 3.02. The lowest BCUT2D eigenvalue weighted by Crippen LogP contribution is -2.47. The summed E-state index contributed by atoms with van der Waals surface area (Å²) in [7, 11) is -4.06. The van der Waals surface area contributed by atoms with Crippen molar-refractivity contribution in [3.05, 3.63) is 71.6 Å². The van der Waals surface area contributed by atoms with Crippen LogP contribution in [0.15, 0.2) is 54.6 Å². The predicted molar refractivity (Wildman–Crippen MR) is 103 cm³/mol. The summed E-state index contributed by atoms with van der Waals surface area (Å²) in [4.78, 5) is 12.0. The number of hydroxylamine groups is 1. The standard InChI is InChI=1S/C19H20FN3O5S/c20-16-5-1-13(2-6-16)14-9-11-23(12-10-14)29(27,28)22-18(19(25)21-26)15-3-7-17(24)8-4-15/h1-9,18,22,24,26H,10-12H2,(H,21,25)/t18-/m1/s1. The molecule has 0 unspecified atom stereocenters. The van der Waals surface area contributed by atoms with Crippen LogP contribution in [0.25, 0.3) is 5.57 Å². The van der Waals surface area contributed by atoms with Gasteiger partial charge in [-0.3, -0.25) is 10.0 Å². The maximum absolute atomic E-state index is 13.1. The van der Waals surface area contributed by atoms with E-state index in [4.69, 9.17) is 5.21 Å². The molecule has 0 radical (unpaired) electrons. The van der Waals surface area contributed by atoms with Crippen LogP contribution in [0.2, 0.25) is 0 Å². The topological polar surface area (TPSA) is 119 Å². The van der Waals surface area contributed by atoms with Gasteiger partial charge in [-0.2, -0.15) is 17.4 Å². The Morgan fingerprint density at radius 2 is 1.76 bits per heavy atom. The van der Waals surface area contributed by atoms with Crippen molar-refractivity contribution in [3.8, 4) is 5.75 Å². The molecule has 3 rings (SSSR count). The van der Waals surface area contributed by atoms with E-state index in [2.05, 4.69) is 4.72 Å². The molecule has 1 aliphatic heterocycles. The SMILES string of the molecule is O=C(NO)[C@H](NS(=O)(=O)N1CC=C(c2ccc(F)cc2)CC1)c1ccc(O)cc1. The van der Waals surface area contributed by atoms with Gasteiger partial charge < -0.3 is 5.11 Å². The predicted octanol–water partition coefficient (Wildman–Crippen LogP) is 1.70. The number of halogens is 1.